The number of likely N-dealkylation sites (tertiary alicyclic amines) is 1. The van der Waals surface area contributed by atoms with Crippen LogP contribution >= 0.6 is 22.7 Å². The normalized spacial score (nSPS) is 15.1. The van der Waals surface area contributed by atoms with Crippen molar-refractivity contribution in [3.63, 3.8) is 0 Å². The highest BCUT2D eigenvalue weighted by Gasteiger charge is 2.37. The largest absolute Gasteiger partial charge is 0.388 e. The zero-order valence-corrected chi connectivity index (χ0v) is 44.7. The molecule has 4 amide bonds. The summed E-state index contributed by atoms with van der Waals surface area (Å²) in [4.78, 5) is 81.6. The van der Waals surface area contributed by atoms with Crippen LogP contribution < -0.4 is 26.6 Å². The van der Waals surface area contributed by atoms with Gasteiger partial charge in [-0.2, -0.15) is 20.3 Å². The highest BCUT2D eigenvalue weighted by Crippen LogP contribution is 2.32. The maximum absolute atomic E-state index is 13.7. The van der Waals surface area contributed by atoms with E-state index in [1.54, 1.807) is 35.0 Å². The van der Waals surface area contributed by atoms with Crippen molar-refractivity contribution in [3.8, 4) is 22.5 Å². The first-order valence-corrected chi connectivity index (χ1v) is 27.5. The van der Waals surface area contributed by atoms with Crippen molar-refractivity contribution in [3.05, 3.63) is 165 Å². The first-order valence-electron chi connectivity index (χ1n) is 25.8. The van der Waals surface area contributed by atoms with E-state index in [-0.39, 0.29) is 47.0 Å². The SMILES string of the molecule is C[C@H](CC(=O)N1CCC(O)(Cn2cnc3c(-c4ccc(CNC(=O)CCCCCNC(=O)c5ccc(-c6csc(N7N=C(c8ccccc8)/C(=N\Nc8nccs8)C7=O)n6)cc5)cc4)n(C)nc3c2=O)CC1)c1ccccc1. The number of aliphatic hydroxyl groups is 1. The number of unbranched alkanes of at least 4 members (excludes halogenated alkanes) is 2. The number of aromatic nitrogens is 6. The lowest BCUT2D eigenvalue weighted by atomic mass is 9.90. The average Bonchev–Trinajstić information content (AvgIpc) is 4.37. The lowest BCUT2D eigenvalue weighted by molar-refractivity contribution is -0.136. The van der Waals surface area contributed by atoms with Gasteiger partial charge in [-0.1, -0.05) is 110 Å². The number of rotatable bonds is 20. The van der Waals surface area contributed by atoms with E-state index in [9.17, 15) is 29.1 Å². The number of nitrogens with zero attached hydrogens (tertiary/aromatic N) is 10. The van der Waals surface area contributed by atoms with Gasteiger partial charge >= 0.3 is 5.91 Å². The summed E-state index contributed by atoms with van der Waals surface area (Å²) in [6, 6.07) is 34.1. The van der Waals surface area contributed by atoms with Gasteiger partial charge in [-0.25, -0.2) is 15.0 Å². The number of anilines is 2. The standard InChI is InChI=1S/C57H57N13O6S2/c1-37(39-12-6-3-7-13-39)32-46(72)68-29-25-57(76,26-30-68)35-69-36-61-48-50(53(69)74)65-67(2)51(48)42-19-17-38(18-20-42)33-60-45(71)16-10-5-11-27-58-52(73)43-23-21-40(22-24-43)44-34-78-56(62-44)70-54(75)49(63-64-55-59-28-31-77-55)47(66-70)41-14-8-4-9-15-41/h3-4,6-9,12-15,17-24,28,31,34,36-37,76H,5,10-11,16,25-27,29-30,32-33,35H2,1-2H3,(H,58,73)(H,59,64)(H,60,71)/b63-49+/t37-/m1/s1. The Morgan fingerprint density at radius 2 is 1.55 bits per heavy atom. The third-order valence-corrected chi connectivity index (χ3v) is 15.4. The quantitative estimate of drug-likeness (QED) is 0.0426. The van der Waals surface area contributed by atoms with Crippen LogP contribution in [0, 0.1) is 0 Å². The molecule has 1 atom stereocenters. The molecule has 0 aliphatic carbocycles. The predicted octanol–water partition coefficient (Wildman–Crippen LogP) is 7.75. The Bertz CT molecular complexity index is 3550. The number of fused-ring (bicyclic) bond motifs is 1. The summed E-state index contributed by atoms with van der Waals surface area (Å²) in [7, 11) is 1.76. The maximum Gasteiger partial charge on any atom is 0.303 e. The highest BCUT2D eigenvalue weighted by molar-refractivity contribution is 7.14. The molecule has 21 heteroatoms. The summed E-state index contributed by atoms with van der Waals surface area (Å²) in [5.41, 5.74) is 8.67. The molecule has 398 valence electrons. The van der Waals surface area contributed by atoms with E-state index in [0.29, 0.717) is 103 Å². The van der Waals surface area contributed by atoms with Crippen LogP contribution in [-0.2, 0) is 34.5 Å². The molecule has 8 aromatic rings. The Morgan fingerprint density at radius 1 is 0.821 bits per heavy atom. The summed E-state index contributed by atoms with van der Waals surface area (Å²) in [5, 5.41) is 36.8. The molecule has 1 fully saturated rings. The van der Waals surface area contributed by atoms with Gasteiger partial charge in [0, 0.05) is 85.3 Å². The molecule has 19 nitrogen and oxygen atoms in total. The van der Waals surface area contributed by atoms with E-state index in [0.717, 1.165) is 34.2 Å². The number of benzene rings is 4. The number of hydrogen-bond donors (Lipinski definition) is 4. The monoisotopic (exact) mass is 1080 g/mol. The minimum Gasteiger partial charge on any atom is -0.388 e. The van der Waals surface area contributed by atoms with Crippen LogP contribution in [0.2, 0.25) is 0 Å². The summed E-state index contributed by atoms with van der Waals surface area (Å²) in [6.07, 6.45) is 6.68. The number of carbonyl (C=O) groups is 4. The van der Waals surface area contributed by atoms with Crippen LogP contribution in [-0.4, -0.2) is 99.6 Å². The number of amides is 4. The summed E-state index contributed by atoms with van der Waals surface area (Å²) in [6.45, 7) is 3.71. The molecule has 1 saturated heterocycles. The molecule has 6 heterocycles. The minimum atomic E-state index is -1.17. The van der Waals surface area contributed by atoms with E-state index in [4.69, 9.17) is 4.98 Å². The Kier molecular flexibility index (Phi) is 16.1. The number of nitrogens with one attached hydrogen (secondary N) is 3. The fourth-order valence-corrected chi connectivity index (χ4v) is 10.8. The smallest absolute Gasteiger partial charge is 0.303 e. The van der Waals surface area contributed by atoms with Crippen LogP contribution in [0.25, 0.3) is 33.5 Å². The summed E-state index contributed by atoms with van der Waals surface area (Å²) < 4.78 is 3.05. The van der Waals surface area contributed by atoms with Gasteiger partial charge in [0.05, 0.1) is 29.9 Å². The number of carbonyl (C=O) groups excluding carboxylic acids is 4. The van der Waals surface area contributed by atoms with Crippen LogP contribution in [0.3, 0.4) is 0 Å². The Morgan fingerprint density at radius 3 is 2.28 bits per heavy atom. The van der Waals surface area contributed by atoms with Crippen molar-refractivity contribution >= 4 is 79.0 Å². The van der Waals surface area contributed by atoms with Crippen LogP contribution in [0.4, 0.5) is 10.3 Å². The van der Waals surface area contributed by atoms with Crippen LogP contribution in [0.1, 0.15) is 84.8 Å². The second-order valence-corrected chi connectivity index (χ2v) is 21.2. The second-order valence-electron chi connectivity index (χ2n) is 19.4. The van der Waals surface area contributed by atoms with Gasteiger partial charge in [-0.3, -0.25) is 38.6 Å². The van der Waals surface area contributed by atoms with Gasteiger partial charge in [0.25, 0.3) is 11.5 Å². The van der Waals surface area contributed by atoms with Crippen molar-refractivity contribution in [1.82, 2.24) is 44.8 Å². The van der Waals surface area contributed by atoms with Gasteiger partial charge < -0.3 is 20.6 Å². The van der Waals surface area contributed by atoms with Crippen molar-refractivity contribution in [2.24, 2.45) is 17.3 Å². The topological polar surface area (TPSA) is 234 Å². The Labute approximate surface area is 457 Å². The molecule has 78 heavy (non-hydrogen) atoms. The van der Waals surface area contributed by atoms with Crippen LogP contribution in [0.15, 0.2) is 147 Å². The fourth-order valence-electron chi connectivity index (χ4n) is 9.51. The van der Waals surface area contributed by atoms with Gasteiger partial charge in [0.1, 0.15) is 11.2 Å². The minimum absolute atomic E-state index is 0.0460. The Hall–Kier alpha value is -8.53. The fraction of sp³-hybridized carbons (Fsp3) is 0.281. The van der Waals surface area contributed by atoms with E-state index in [1.807, 2.05) is 115 Å². The molecule has 0 unspecified atom stereocenters. The van der Waals surface area contributed by atoms with Gasteiger partial charge in [-0.05, 0) is 54.9 Å². The molecular weight excluding hydrogens is 1030 g/mol. The molecule has 2 aliphatic heterocycles. The molecule has 0 radical (unpaired) electrons. The zero-order valence-electron chi connectivity index (χ0n) is 43.0. The number of aryl methyl sites for hydroxylation is 1. The van der Waals surface area contributed by atoms with Gasteiger partial charge in [0.15, 0.2) is 11.2 Å². The molecule has 2 aliphatic rings. The lowest BCUT2D eigenvalue weighted by Gasteiger charge is -2.38. The molecule has 0 bridgehead atoms. The van der Waals surface area contributed by atoms with Gasteiger partial charge in [0.2, 0.25) is 22.1 Å². The van der Waals surface area contributed by atoms with Crippen molar-refractivity contribution in [2.75, 3.05) is 30.1 Å². The zero-order chi connectivity index (χ0) is 54.2. The van der Waals surface area contributed by atoms with Crippen molar-refractivity contribution in [2.45, 2.75) is 76.5 Å². The third kappa shape index (κ3) is 12.2. The first kappa shape index (κ1) is 52.9. The summed E-state index contributed by atoms with van der Waals surface area (Å²) >= 11 is 2.63. The summed E-state index contributed by atoms with van der Waals surface area (Å²) in [5.74, 6) is -0.557. The molecule has 0 saturated carbocycles. The van der Waals surface area contributed by atoms with Gasteiger partial charge in [-0.15, -0.1) is 22.7 Å². The number of piperidine rings is 1. The number of thiazole rings is 2. The molecule has 10 rings (SSSR count). The first-order chi connectivity index (χ1) is 37.9. The van der Waals surface area contributed by atoms with Crippen molar-refractivity contribution in [1.29, 1.82) is 0 Å². The molecule has 0 spiro atoms. The van der Waals surface area contributed by atoms with E-state index in [2.05, 4.69) is 41.3 Å². The highest BCUT2D eigenvalue weighted by atomic mass is 32.1. The predicted molar refractivity (Wildman–Crippen MR) is 302 cm³/mol. The van der Waals surface area contributed by atoms with E-state index >= 15 is 0 Å². The van der Waals surface area contributed by atoms with Crippen molar-refractivity contribution < 1.29 is 24.3 Å². The van der Waals surface area contributed by atoms with E-state index in [1.165, 1.54) is 38.6 Å². The molecular formula is C57H57N13O6S2. The third-order valence-electron chi connectivity index (χ3n) is 13.9. The second kappa shape index (κ2) is 23.8. The number of hydrazone groups is 2. The van der Waals surface area contributed by atoms with Crippen LogP contribution in [0.5, 0.6) is 0 Å². The molecule has 4 N–H and O–H groups in total. The van der Waals surface area contributed by atoms with E-state index < -0.39 is 11.5 Å². The lowest BCUT2D eigenvalue weighted by Crippen LogP contribution is -2.49. The number of hydrogen-bond acceptors (Lipinski definition) is 15. The molecule has 4 aromatic heterocycles. The maximum atomic E-state index is 13.7. The Balaban J connectivity index is 0.642. The average molecular weight is 1080 g/mol. The molecule has 4 aromatic carbocycles.